The van der Waals surface area contributed by atoms with Gasteiger partial charge in [-0.05, 0) is 73.1 Å². The molecule has 298 valence electrons. The highest BCUT2D eigenvalue weighted by molar-refractivity contribution is 6.00. The summed E-state index contributed by atoms with van der Waals surface area (Å²) < 4.78 is 0. The van der Waals surface area contributed by atoms with Crippen LogP contribution in [-0.2, 0) is 21.7 Å². The van der Waals surface area contributed by atoms with E-state index in [9.17, 15) is 0 Å². The van der Waals surface area contributed by atoms with Crippen molar-refractivity contribution in [2.75, 3.05) is 0 Å². The Morgan fingerprint density at radius 1 is 0.379 bits per heavy atom. The quantitative estimate of drug-likeness (QED) is 0.138. The highest BCUT2D eigenvalue weighted by atomic mass is 14.8. The smallest absolute Gasteiger partial charge is 0.0785 e. The van der Waals surface area contributed by atoms with Crippen LogP contribution >= 0.6 is 0 Å². The molecule has 0 heterocycles. The van der Waals surface area contributed by atoms with Crippen molar-refractivity contribution in [3.63, 3.8) is 0 Å². The lowest BCUT2D eigenvalue weighted by Crippen LogP contribution is -2.10. The molecule has 0 aromatic heterocycles. The molecule has 6 aromatic rings. The zero-order valence-corrected chi connectivity index (χ0v) is 37.4. The molecular weight excluding hydrogens is 701 g/mol. The monoisotopic (exact) mass is 765 g/mol. The van der Waals surface area contributed by atoms with E-state index in [1.807, 2.05) is 6.21 Å². The Morgan fingerprint density at radius 3 is 0.897 bits per heavy atom. The van der Waals surface area contributed by atoms with Crippen molar-refractivity contribution in [3.8, 4) is 44.5 Å². The first-order valence-electron chi connectivity index (χ1n) is 21.0. The Balaban J connectivity index is 1.43. The number of hydrogen-bond acceptors (Lipinski definition) is 2. The molecule has 0 radical (unpaired) electrons. The Bertz CT molecular complexity index is 2240. The summed E-state index contributed by atoms with van der Waals surface area (Å²) in [5.74, 6) is 0. The average Bonchev–Trinajstić information content (AvgIpc) is 3.17. The minimum Gasteiger partial charge on any atom is -0.260 e. The number of rotatable bonds is 8. The molecule has 2 heteroatoms. The summed E-state index contributed by atoms with van der Waals surface area (Å²) in [6, 6.07) is 49.2. The Hall–Kier alpha value is -5.34. The van der Waals surface area contributed by atoms with Crippen LogP contribution in [-0.4, -0.2) is 11.9 Å². The summed E-state index contributed by atoms with van der Waals surface area (Å²) >= 11 is 0. The molecule has 0 unspecified atom stereocenters. The molecule has 6 rings (SSSR count). The van der Waals surface area contributed by atoms with E-state index < -0.39 is 0 Å². The van der Waals surface area contributed by atoms with E-state index in [0.29, 0.717) is 6.42 Å². The van der Waals surface area contributed by atoms with Gasteiger partial charge in [0.1, 0.15) is 0 Å². The lowest BCUT2D eigenvalue weighted by Gasteiger charge is -2.20. The van der Waals surface area contributed by atoms with Crippen LogP contribution in [0.1, 0.15) is 119 Å². The third kappa shape index (κ3) is 9.84. The third-order valence-corrected chi connectivity index (χ3v) is 11.2. The summed E-state index contributed by atoms with van der Waals surface area (Å²) in [5.41, 5.74) is 17.7. The molecule has 0 saturated heterocycles. The molecule has 0 bridgehead atoms. The van der Waals surface area contributed by atoms with Crippen molar-refractivity contribution in [2.45, 2.75) is 118 Å². The van der Waals surface area contributed by atoms with Crippen LogP contribution in [0, 0.1) is 0 Å². The molecule has 0 aliphatic heterocycles. The van der Waals surface area contributed by atoms with Gasteiger partial charge in [0.2, 0.25) is 0 Å². The molecule has 6 aromatic carbocycles. The molecule has 0 amide bonds. The molecular formula is C56H64N2. The van der Waals surface area contributed by atoms with Gasteiger partial charge in [0.15, 0.2) is 0 Å². The largest absolute Gasteiger partial charge is 0.260 e. The van der Waals surface area contributed by atoms with E-state index in [4.69, 9.17) is 9.98 Å². The van der Waals surface area contributed by atoms with E-state index in [2.05, 4.69) is 223 Å². The molecule has 0 saturated carbocycles. The maximum atomic E-state index is 5.44. The van der Waals surface area contributed by atoms with Crippen LogP contribution in [0.2, 0.25) is 0 Å². The molecule has 0 aliphatic carbocycles. The van der Waals surface area contributed by atoms with E-state index in [1.165, 1.54) is 22.3 Å². The summed E-state index contributed by atoms with van der Waals surface area (Å²) in [6.45, 7) is 29.3. The summed E-state index contributed by atoms with van der Waals surface area (Å²) in [4.78, 5) is 10.7. The standard InChI is InChI=1S/C56H64N2/c1-38(58-52-49(41-24-32-45(33-25-41)55(8,9)10)18-15-19-50(52)42-26-34-46(35-27-42)56(11,12)13)36-37-57-51-47(39-20-28-43(29-21-39)53(2,3)4)16-14-17-48(51)40-22-30-44(31-23-40)54(5,6)7/h14-35,37H,36H2,1-13H3. The van der Waals surface area contributed by atoms with Gasteiger partial charge in [0.05, 0.1) is 11.4 Å². The Kier molecular flexibility index (Phi) is 12.0. The maximum Gasteiger partial charge on any atom is 0.0785 e. The highest BCUT2D eigenvalue weighted by Gasteiger charge is 2.20. The van der Waals surface area contributed by atoms with Crippen molar-refractivity contribution in [3.05, 3.63) is 156 Å². The third-order valence-electron chi connectivity index (χ3n) is 11.2. The molecule has 0 fully saturated rings. The van der Waals surface area contributed by atoms with Crippen LogP contribution in [0.15, 0.2) is 143 Å². The lowest BCUT2D eigenvalue weighted by atomic mass is 9.85. The lowest BCUT2D eigenvalue weighted by molar-refractivity contribution is 0.590. The predicted molar refractivity (Wildman–Crippen MR) is 255 cm³/mol. The zero-order chi connectivity index (χ0) is 42.0. The molecule has 0 atom stereocenters. The maximum absolute atomic E-state index is 5.44. The van der Waals surface area contributed by atoms with Crippen molar-refractivity contribution in [2.24, 2.45) is 9.98 Å². The molecule has 0 N–H and O–H groups in total. The van der Waals surface area contributed by atoms with E-state index >= 15 is 0 Å². The first-order chi connectivity index (χ1) is 27.2. The average molecular weight is 765 g/mol. The summed E-state index contributed by atoms with van der Waals surface area (Å²) in [7, 11) is 0. The second kappa shape index (κ2) is 16.5. The van der Waals surface area contributed by atoms with Crippen molar-refractivity contribution < 1.29 is 0 Å². The second-order valence-electron chi connectivity index (χ2n) is 20.1. The Labute approximate surface area is 350 Å². The van der Waals surface area contributed by atoms with E-state index in [-0.39, 0.29) is 21.7 Å². The molecule has 0 aliphatic rings. The van der Waals surface area contributed by atoms with Gasteiger partial charge in [-0.2, -0.15) is 0 Å². The fourth-order valence-electron chi connectivity index (χ4n) is 7.38. The highest BCUT2D eigenvalue weighted by Crippen LogP contribution is 2.42. The van der Waals surface area contributed by atoms with Gasteiger partial charge in [0.25, 0.3) is 0 Å². The number of para-hydroxylation sites is 2. The number of benzene rings is 6. The Morgan fingerprint density at radius 2 is 0.638 bits per heavy atom. The van der Waals surface area contributed by atoms with Crippen LogP contribution in [0.25, 0.3) is 44.5 Å². The van der Waals surface area contributed by atoms with Crippen LogP contribution in [0.3, 0.4) is 0 Å². The zero-order valence-electron chi connectivity index (χ0n) is 37.4. The van der Waals surface area contributed by atoms with Crippen LogP contribution < -0.4 is 0 Å². The normalized spacial score (nSPS) is 13.0. The first-order valence-corrected chi connectivity index (χ1v) is 21.0. The van der Waals surface area contributed by atoms with Crippen molar-refractivity contribution >= 4 is 23.3 Å². The van der Waals surface area contributed by atoms with E-state index in [0.717, 1.165) is 61.6 Å². The van der Waals surface area contributed by atoms with Gasteiger partial charge in [-0.3, -0.25) is 9.98 Å². The molecule has 2 nitrogen and oxygen atoms in total. The molecule has 0 spiro atoms. The predicted octanol–water partition coefficient (Wildman–Crippen LogP) is 16.4. The summed E-state index contributed by atoms with van der Waals surface area (Å²) in [6.07, 6.45) is 2.66. The summed E-state index contributed by atoms with van der Waals surface area (Å²) in [5, 5.41) is 0. The number of hydrogen-bond donors (Lipinski definition) is 0. The van der Waals surface area contributed by atoms with Crippen molar-refractivity contribution in [1.82, 2.24) is 0 Å². The fourth-order valence-corrected chi connectivity index (χ4v) is 7.38. The van der Waals surface area contributed by atoms with Gasteiger partial charge >= 0.3 is 0 Å². The SMILES string of the molecule is CC(CC=Nc1c(-c2ccc(C(C)(C)C)cc2)cccc1-c1ccc(C(C)(C)C)cc1)=Nc1c(-c2ccc(C(C)(C)C)cc2)cccc1-c1ccc(C(C)(C)C)cc1. The first kappa shape index (κ1) is 42.3. The van der Waals surface area contributed by atoms with Gasteiger partial charge < -0.3 is 0 Å². The van der Waals surface area contributed by atoms with E-state index in [1.54, 1.807) is 0 Å². The minimum absolute atomic E-state index is 0.0797. The minimum atomic E-state index is 0.0797. The number of aliphatic imine (C=N–C) groups is 2. The van der Waals surface area contributed by atoms with Gasteiger partial charge in [-0.1, -0.05) is 217 Å². The van der Waals surface area contributed by atoms with Crippen LogP contribution in [0.4, 0.5) is 11.4 Å². The van der Waals surface area contributed by atoms with Gasteiger partial charge in [0, 0.05) is 40.6 Å². The number of nitrogens with zero attached hydrogens (tertiary/aromatic N) is 2. The van der Waals surface area contributed by atoms with Crippen LogP contribution in [0.5, 0.6) is 0 Å². The van der Waals surface area contributed by atoms with Gasteiger partial charge in [-0.25, -0.2) is 0 Å². The molecule has 58 heavy (non-hydrogen) atoms. The topological polar surface area (TPSA) is 24.7 Å². The van der Waals surface area contributed by atoms with Crippen molar-refractivity contribution in [1.29, 1.82) is 0 Å². The second-order valence-corrected chi connectivity index (χ2v) is 20.1. The fraction of sp³-hybridized carbons (Fsp3) is 0.321. The van der Waals surface area contributed by atoms with Gasteiger partial charge in [-0.15, -0.1) is 0 Å².